The van der Waals surface area contributed by atoms with E-state index < -0.39 is 0 Å². The average Bonchev–Trinajstić information content (AvgIpc) is 2.07. The minimum absolute atomic E-state index is 1.09. The summed E-state index contributed by atoms with van der Waals surface area (Å²) < 4.78 is 0. The molecule has 0 unspecified atom stereocenters. The maximum absolute atomic E-state index is 3.35. The van der Waals surface area contributed by atoms with Gasteiger partial charge in [-0.05, 0) is 18.6 Å². The molecule has 0 saturated carbocycles. The van der Waals surface area contributed by atoms with Gasteiger partial charge in [0.25, 0.3) is 0 Å². The maximum atomic E-state index is 3.35. The van der Waals surface area contributed by atoms with E-state index in [1.165, 1.54) is 18.2 Å². The van der Waals surface area contributed by atoms with E-state index >= 15 is 0 Å². The molecule has 2 heteroatoms. The number of anilines is 1. The Bertz CT molecular complexity index is 186. The van der Waals surface area contributed by atoms with E-state index in [2.05, 4.69) is 29.6 Å². The largest absolute Gasteiger partial charge is 0.385 e. The van der Waals surface area contributed by atoms with Crippen LogP contribution in [0, 0.1) is 0 Å². The van der Waals surface area contributed by atoms with Crippen LogP contribution >= 0.6 is 0 Å². The average molecular weight is 164 g/mol. The number of rotatable bonds is 4. The fourth-order valence-corrected chi connectivity index (χ4v) is 1.16. The number of nitrogens with one attached hydrogen (secondary N) is 1. The molecule has 0 bridgehead atoms. The van der Waals surface area contributed by atoms with Gasteiger partial charge in [0.05, 0.1) is 0 Å². The summed E-state index contributed by atoms with van der Waals surface area (Å²) in [5, 5.41) is 3.35. The molecule has 59 valence electrons. The molecular formula is C9H14NSi. The predicted octanol–water partition coefficient (Wildman–Crippen LogP) is 1.54. The van der Waals surface area contributed by atoms with Gasteiger partial charge in [-0.1, -0.05) is 24.2 Å². The van der Waals surface area contributed by atoms with Crippen LogP contribution in [-0.2, 0) is 0 Å². The minimum Gasteiger partial charge on any atom is -0.385 e. The second-order valence-electron chi connectivity index (χ2n) is 2.50. The first kappa shape index (κ1) is 8.33. The lowest BCUT2D eigenvalue weighted by molar-refractivity contribution is 0.976. The fourth-order valence-electron chi connectivity index (χ4n) is 0.914. The predicted molar refractivity (Wildman–Crippen MR) is 52.9 cm³/mol. The Hall–Kier alpha value is -0.763. The van der Waals surface area contributed by atoms with E-state index in [0.717, 1.165) is 6.54 Å². The van der Waals surface area contributed by atoms with Gasteiger partial charge in [-0.2, -0.15) is 0 Å². The van der Waals surface area contributed by atoms with Gasteiger partial charge in [-0.15, -0.1) is 0 Å². The molecule has 0 aromatic heterocycles. The molecular weight excluding hydrogens is 150 g/mol. The molecule has 1 aromatic rings. The first-order chi connectivity index (χ1) is 5.43. The lowest BCUT2D eigenvalue weighted by Crippen LogP contribution is -2.00. The molecule has 0 aliphatic carbocycles. The van der Waals surface area contributed by atoms with Crippen LogP contribution in [0.2, 0.25) is 6.04 Å². The van der Waals surface area contributed by atoms with Gasteiger partial charge in [0.15, 0.2) is 0 Å². The van der Waals surface area contributed by atoms with Crippen LogP contribution in [0.15, 0.2) is 30.3 Å². The van der Waals surface area contributed by atoms with Crippen molar-refractivity contribution in [1.29, 1.82) is 0 Å². The van der Waals surface area contributed by atoms with E-state index in [1.807, 2.05) is 16.3 Å². The van der Waals surface area contributed by atoms with Gasteiger partial charge in [-0.25, -0.2) is 0 Å². The molecule has 11 heavy (non-hydrogen) atoms. The highest BCUT2D eigenvalue weighted by Crippen LogP contribution is 2.04. The van der Waals surface area contributed by atoms with Crippen molar-refractivity contribution in [3.05, 3.63) is 30.3 Å². The van der Waals surface area contributed by atoms with Crippen molar-refractivity contribution >= 4 is 15.9 Å². The third kappa shape index (κ3) is 3.23. The number of benzene rings is 1. The third-order valence-electron chi connectivity index (χ3n) is 1.53. The van der Waals surface area contributed by atoms with Gasteiger partial charge in [0, 0.05) is 22.5 Å². The Morgan fingerprint density at radius 3 is 2.55 bits per heavy atom. The van der Waals surface area contributed by atoms with Crippen LogP contribution in [0.25, 0.3) is 0 Å². The Labute approximate surface area is 71.2 Å². The molecule has 0 atom stereocenters. The zero-order chi connectivity index (χ0) is 7.94. The highest BCUT2D eigenvalue weighted by molar-refractivity contribution is 6.08. The molecule has 1 N–H and O–H groups in total. The third-order valence-corrected chi connectivity index (χ3v) is 2.03. The Morgan fingerprint density at radius 2 is 1.91 bits per heavy atom. The normalized spacial score (nSPS) is 9.55. The second-order valence-corrected chi connectivity index (χ2v) is 3.21. The smallest absolute Gasteiger partial charge is 0.0340 e. The van der Waals surface area contributed by atoms with Crippen molar-refractivity contribution in [2.24, 2.45) is 0 Å². The van der Waals surface area contributed by atoms with Crippen molar-refractivity contribution in [3.63, 3.8) is 0 Å². The van der Waals surface area contributed by atoms with Crippen molar-refractivity contribution in [2.75, 3.05) is 11.9 Å². The fraction of sp³-hybridized carbons (Fsp3) is 0.333. The van der Waals surface area contributed by atoms with Crippen molar-refractivity contribution in [2.45, 2.75) is 12.5 Å². The van der Waals surface area contributed by atoms with Gasteiger partial charge >= 0.3 is 0 Å². The molecule has 0 aliphatic rings. The molecule has 1 radical (unpaired) electrons. The number of hydrogen-bond acceptors (Lipinski definition) is 1. The van der Waals surface area contributed by atoms with E-state index in [-0.39, 0.29) is 0 Å². The summed E-state index contributed by atoms with van der Waals surface area (Å²) in [6.45, 7) is 1.09. The number of hydrogen-bond donors (Lipinski definition) is 1. The lowest BCUT2D eigenvalue weighted by Gasteiger charge is -2.03. The Morgan fingerprint density at radius 1 is 1.18 bits per heavy atom. The molecule has 0 amide bonds. The first-order valence-corrected chi connectivity index (χ1v) is 5.01. The molecule has 1 aromatic carbocycles. The molecule has 1 rings (SSSR count). The summed E-state index contributed by atoms with van der Waals surface area (Å²) in [5.74, 6) is 0. The summed E-state index contributed by atoms with van der Waals surface area (Å²) in [6.07, 6.45) is 1.26. The topological polar surface area (TPSA) is 12.0 Å². The van der Waals surface area contributed by atoms with Gasteiger partial charge in [0.1, 0.15) is 0 Å². The lowest BCUT2D eigenvalue weighted by atomic mass is 10.3. The van der Waals surface area contributed by atoms with Gasteiger partial charge in [0.2, 0.25) is 0 Å². The van der Waals surface area contributed by atoms with E-state index in [0.29, 0.717) is 0 Å². The molecule has 0 aliphatic heterocycles. The number of para-hydroxylation sites is 1. The van der Waals surface area contributed by atoms with E-state index in [1.54, 1.807) is 0 Å². The first-order valence-electron chi connectivity index (χ1n) is 4.01. The summed E-state index contributed by atoms with van der Waals surface area (Å²) in [7, 11) is 2.03. The molecule has 0 heterocycles. The quantitative estimate of drug-likeness (QED) is 0.526. The molecule has 0 spiro atoms. The molecule has 0 fully saturated rings. The summed E-state index contributed by atoms with van der Waals surface area (Å²) in [5.41, 5.74) is 1.23. The molecule has 0 saturated heterocycles. The van der Waals surface area contributed by atoms with Crippen LogP contribution in [0.3, 0.4) is 0 Å². The van der Waals surface area contributed by atoms with Crippen LogP contribution < -0.4 is 5.32 Å². The van der Waals surface area contributed by atoms with Crippen LogP contribution in [0.4, 0.5) is 5.69 Å². The minimum atomic E-state index is 1.09. The van der Waals surface area contributed by atoms with Crippen molar-refractivity contribution in [1.82, 2.24) is 0 Å². The van der Waals surface area contributed by atoms with Crippen LogP contribution in [0.5, 0.6) is 0 Å². The standard InChI is InChI=1S/C9H14NSi/c11-8-4-7-10-9-5-2-1-3-6-9/h1-3,5-6,10H,4,7-8,11H2. The second kappa shape index (κ2) is 4.96. The van der Waals surface area contributed by atoms with E-state index in [4.69, 9.17) is 0 Å². The maximum Gasteiger partial charge on any atom is 0.0340 e. The SMILES string of the molecule is [SiH2]CCCNc1ccccc1. The van der Waals surface area contributed by atoms with Crippen LogP contribution in [0.1, 0.15) is 6.42 Å². The van der Waals surface area contributed by atoms with Gasteiger partial charge in [-0.3, -0.25) is 0 Å². The van der Waals surface area contributed by atoms with Crippen molar-refractivity contribution < 1.29 is 0 Å². The Balaban J connectivity index is 2.28. The Kier molecular flexibility index (Phi) is 3.76. The zero-order valence-electron chi connectivity index (χ0n) is 6.72. The summed E-state index contributed by atoms with van der Waals surface area (Å²) in [6, 6.07) is 11.6. The molecule has 1 nitrogen and oxygen atoms in total. The van der Waals surface area contributed by atoms with E-state index in [9.17, 15) is 0 Å². The monoisotopic (exact) mass is 164 g/mol. The summed E-state index contributed by atoms with van der Waals surface area (Å²) >= 11 is 0. The highest BCUT2D eigenvalue weighted by atomic mass is 28.1. The zero-order valence-corrected chi connectivity index (χ0v) is 8.13. The highest BCUT2D eigenvalue weighted by Gasteiger charge is 1.86. The van der Waals surface area contributed by atoms with Gasteiger partial charge < -0.3 is 5.32 Å². The van der Waals surface area contributed by atoms with Crippen LogP contribution in [-0.4, -0.2) is 16.8 Å². The van der Waals surface area contributed by atoms with Crippen molar-refractivity contribution in [3.8, 4) is 0 Å². The summed E-state index contributed by atoms with van der Waals surface area (Å²) in [4.78, 5) is 0.